The summed E-state index contributed by atoms with van der Waals surface area (Å²) in [6.45, 7) is 1.34. The molecule has 0 radical (unpaired) electrons. The fourth-order valence-electron chi connectivity index (χ4n) is 3.05. The first-order valence-corrected chi connectivity index (χ1v) is 8.47. The summed E-state index contributed by atoms with van der Waals surface area (Å²) in [5.74, 6) is -4.56. The van der Waals surface area contributed by atoms with Gasteiger partial charge in [-0.15, -0.1) is 0 Å². The first-order valence-electron chi connectivity index (χ1n) is 8.47. The van der Waals surface area contributed by atoms with E-state index < -0.39 is 35.3 Å². The van der Waals surface area contributed by atoms with Crippen LogP contribution in [0.4, 0.5) is 10.1 Å². The number of carbonyl (C=O) groups is 4. The lowest BCUT2D eigenvalue weighted by Gasteiger charge is -2.26. The maximum atomic E-state index is 13.0. The zero-order valence-electron chi connectivity index (χ0n) is 14.9. The largest absolute Gasteiger partial charge is 0.377 e. The first-order chi connectivity index (χ1) is 13.3. The number of amides is 2. The van der Waals surface area contributed by atoms with Crippen molar-refractivity contribution < 1.29 is 28.7 Å². The van der Waals surface area contributed by atoms with Crippen LogP contribution in [-0.2, 0) is 20.9 Å². The van der Waals surface area contributed by atoms with Gasteiger partial charge < -0.3 is 15.7 Å². The number of rotatable bonds is 4. The number of aliphatic hydroxyl groups is 1. The molecule has 0 bridgehead atoms. The Morgan fingerprint density at radius 2 is 1.79 bits per heavy atom. The van der Waals surface area contributed by atoms with Gasteiger partial charge >= 0.3 is 0 Å². The second-order valence-electron chi connectivity index (χ2n) is 6.43. The summed E-state index contributed by atoms with van der Waals surface area (Å²) in [7, 11) is 0. The van der Waals surface area contributed by atoms with Crippen molar-refractivity contribution in [2.75, 3.05) is 5.32 Å². The molecule has 1 aliphatic rings. The molecule has 2 amide bonds. The van der Waals surface area contributed by atoms with Gasteiger partial charge in [0, 0.05) is 24.7 Å². The van der Waals surface area contributed by atoms with Crippen molar-refractivity contribution in [1.29, 1.82) is 0 Å². The Hall–Kier alpha value is -3.39. The molecule has 3 N–H and O–H groups in total. The third kappa shape index (κ3) is 3.81. The van der Waals surface area contributed by atoms with Crippen LogP contribution < -0.4 is 10.6 Å². The lowest BCUT2D eigenvalue weighted by molar-refractivity contribution is -0.134. The van der Waals surface area contributed by atoms with E-state index >= 15 is 0 Å². The SMILES string of the molecule is CC(=O)Nc1ccc2c(c1)C(=O)C(O)C(=O)C2C(=O)NCc1ccc(F)cc1. The Bertz CT molecular complexity index is 971. The van der Waals surface area contributed by atoms with Gasteiger partial charge in [0.1, 0.15) is 11.7 Å². The van der Waals surface area contributed by atoms with Crippen molar-refractivity contribution in [1.82, 2.24) is 5.32 Å². The molecule has 2 aromatic rings. The smallest absolute Gasteiger partial charge is 0.235 e. The van der Waals surface area contributed by atoms with E-state index in [4.69, 9.17) is 0 Å². The van der Waals surface area contributed by atoms with Crippen LogP contribution in [0, 0.1) is 5.82 Å². The summed E-state index contributed by atoms with van der Waals surface area (Å²) in [6.07, 6.45) is -1.96. The summed E-state index contributed by atoms with van der Waals surface area (Å²) in [6, 6.07) is 9.68. The topological polar surface area (TPSA) is 113 Å². The van der Waals surface area contributed by atoms with Gasteiger partial charge in [-0.05, 0) is 35.4 Å². The average Bonchev–Trinajstić information content (AvgIpc) is 2.66. The van der Waals surface area contributed by atoms with Crippen LogP contribution in [0.5, 0.6) is 0 Å². The standard InChI is InChI=1S/C20H17FN2O5/c1-10(24)23-13-6-7-14-15(8-13)17(25)19(27)18(26)16(14)20(28)22-9-11-2-4-12(21)5-3-11/h2-8,16,19,27H,9H2,1H3,(H,22,28)(H,23,24). The van der Waals surface area contributed by atoms with Crippen molar-refractivity contribution in [3.05, 3.63) is 65.0 Å². The van der Waals surface area contributed by atoms with Crippen molar-refractivity contribution in [2.24, 2.45) is 0 Å². The second kappa shape index (κ2) is 7.69. The van der Waals surface area contributed by atoms with Crippen LogP contribution in [0.15, 0.2) is 42.5 Å². The minimum absolute atomic E-state index is 0.000261. The molecular weight excluding hydrogens is 367 g/mol. The predicted molar refractivity (Wildman–Crippen MR) is 97.1 cm³/mol. The number of hydrogen-bond acceptors (Lipinski definition) is 5. The zero-order valence-corrected chi connectivity index (χ0v) is 14.9. The third-order valence-corrected chi connectivity index (χ3v) is 4.39. The molecule has 28 heavy (non-hydrogen) atoms. The van der Waals surface area contributed by atoms with E-state index in [0.29, 0.717) is 11.3 Å². The highest BCUT2D eigenvalue weighted by molar-refractivity contribution is 6.25. The Labute approximate surface area is 159 Å². The molecule has 2 unspecified atom stereocenters. The summed E-state index contributed by atoms with van der Waals surface area (Å²) < 4.78 is 13.0. The van der Waals surface area contributed by atoms with Gasteiger partial charge in [0.15, 0.2) is 17.7 Å². The molecule has 0 heterocycles. The Balaban J connectivity index is 1.87. The van der Waals surface area contributed by atoms with Gasteiger partial charge in [-0.2, -0.15) is 0 Å². The third-order valence-electron chi connectivity index (χ3n) is 4.39. The predicted octanol–water partition coefficient (Wildman–Crippen LogP) is 1.31. The quantitative estimate of drug-likeness (QED) is 0.688. The minimum Gasteiger partial charge on any atom is -0.377 e. The molecule has 2 atom stereocenters. The molecule has 0 spiro atoms. The second-order valence-corrected chi connectivity index (χ2v) is 6.43. The van der Waals surface area contributed by atoms with Gasteiger partial charge in [-0.1, -0.05) is 18.2 Å². The highest BCUT2D eigenvalue weighted by Crippen LogP contribution is 2.31. The van der Waals surface area contributed by atoms with Gasteiger partial charge in [-0.25, -0.2) is 4.39 Å². The van der Waals surface area contributed by atoms with Crippen LogP contribution in [-0.4, -0.2) is 34.6 Å². The fourth-order valence-corrected chi connectivity index (χ4v) is 3.05. The molecule has 144 valence electrons. The van der Waals surface area contributed by atoms with E-state index in [-0.39, 0.29) is 23.6 Å². The molecule has 3 rings (SSSR count). The zero-order chi connectivity index (χ0) is 20.4. The molecule has 0 saturated heterocycles. The highest BCUT2D eigenvalue weighted by Gasteiger charge is 2.43. The van der Waals surface area contributed by atoms with Crippen LogP contribution in [0.2, 0.25) is 0 Å². The number of carbonyl (C=O) groups excluding carboxylic acids is 4. The van der Waals surface area contributed by atoms with Crippen LogP contribution >= 0.6 is 0 Å². The Morgan fingerprint density at radius 1 is 1.11 bits per heavy atom. The molecular formula is C20H17FN2O5. The number of halogens is 1. The average molecular weight is 384 g/mol. The number of ketones is 2. The molecule has 8 heteroatoms. The first kappa shape index (κ1) is 19.4. The maximum absolute atomic E-state index is 13.0. The van der Waals surface area contributed by atoms with E-state index in [0.717, 1.165) is 0 Å². The molecule has 2 aromatic carbocycles. The maximum Gasteiger partial charge on any atom is 0.235 e. The van der Waals surface area contributed by atoms with E-state index in [9.17, 15) is 28.7 Å². The molecule has 1 aliphatic carbocycles. The van der Waals surface area contributed by atoms with Gasteiger partial charge in [-0.3, -0.25) is 19.2 Å². The summed E-state index contributed by atoms with van der Waals surface area (Å²) in [5, 5.41) is 15.1. The van der Waals surface area contributed by atoms with Crippen LogP contribution in [0.3, 0.4) is 0 Å². The monoisotopic (exact) mass is 384 g/mol. The molecule has 0 saturated carbocycles. The number of benzene rings is 2. The number of aliphatic hydroxyl groups excluding tert-OH is 1. The van der Waals surface area contributed by atoms with E-state index in [1.54, 1.807) is 0 Å². The van der Waals surface area contributed by atoms with E-state index in [1.807, 2.05) is 0 Å². The summed E-state index contributed by atoms with van der Waals surface area (Å²) in [5.41, 5.74) is 1.09. The summed E-state index contributed by atoms with van der Waals surface area (Å²) in [4.78, 5) is 48.5. The molecule has 0 fully saturated rings. The van der Waals surface area contributed by atoms with Crippen molar-refractivity contribution in [2.45, 2.75) is 25.5 Å². The molecule has 0 aromatic heterocycles. The lowest BCUT2D eigenvalue weighted by atomic mass is 9.78. The van der Waals surface area contributed by atoms with Crippen LogP contribution in [0.25, 0.3) is 0 Å². The highest BCUT2D eigenvalue weighted by atomic mass is 19.1. The number of fused-ring (bicyclic) bond motifs is 1. The van der Waals surface area contributed by atoms with Gasteiger partial charge in [0.25, 0.3) is 0 Å². The van der Waals surface area contributed by atoms with Crippen LogP contribution in [0.1, 0.15) is 34.3 Å². The van der Waals surface area contributed by atoms with E-state index in [1.165, 1.54) is 49.4 Å². The number of nitrogens with one attached hydrogen (secondary N) is 2. The number of hydrogen-bond donors (Lipinski definition) is 3. The fraction of sp³-hybridized carbons (Fsp3) is 0.200. The number of Topliss-reactive ketones (excluding diaryl/α,β-unsaturated/α-hetero) is 2. The Kier molecular flexibility index (Phi) is 5.32. The van der Waals surface area contributed by atoms with E-state index in [2.05, 4.69) is 10.6 Å². The number of anilines is 1. The van der Waals surface area contributed by atoms with Gasteiger partial charge in [0.2, 0.25) is 11.8 Å². The van der Waals surface area contributed by atoms with Crippen molar-refractivity contribution in [3.63, 3.8) is 0 Å². The minimum atomic E-state index is -1.96. The lowest BCUT2D eigenvalue weighted by Crippen LogP contribution is -2.45. The van der Waals surface area contributed by atoms with Crippen molar-refractivity contribution in [3.8, 4) is 0 Å². The van der Waals surface area contributed by atoms with Crippen molar-refractivity contribution >= 4 is 29.1 Å². The molecule has 7 nitrogen and oxygen atoms in total. The molecule has 0 aliphatic heterocycles. The van der Waals surface area contributed by atoms with Gasteiger partial charge in [0.05, 0.1) is 0 Å². The Morgan fingerprint density at radius 3 is 2.43 bits per heavy atom. The normalized spacial score (nSPS) is 18.4. The summed E-state index contributed by atoms with van der Waals surface area (Å²) >= 11 is 0.